The van der Waals surface area contributed by atoms with Crippen molar-refractivity contribution in [3.8, 4) is 0 Å². The van der Waals surface area contributed by atoms with Gasteiger partial charge in [-0.25, -0.2) is 4.98 Å². The highest BCUT2D eigenvalue weighted by atomic mass is 32.1. The van der Waals surface area contributed by atoms with Gasteiger partial charge in [-0.2, -0.15) is 4.52 Å². The molecule has 0 N–H and O–H groups in total. The summed E-state index contributed by atoms with van der Waals surface area (Å²) in [5.74, 6) is 0. The summed E-state index contributed by atoms with van der Waals surface area (Å²) in [7, 11) is 1.62. The Morgan fingerprint density at radius 1 is 1.62 bits per heavy atom. The topological polar surface area (TPSA) is 52.3 Å². The zero-order chi connectivity index (χ0) is 9.26. The Balaban J connectivity index is 2.56. The molecule has 0 spiro atoms. The van der Waals surface area contributed by atoms with Gasteiger partial charge in [0.15, 0.2) is 5.65 Å². The van der Waals surface area contributed by atoms with Crippen LogP contribution in [0.2, 0.25) is 0 Å². The number of thiol groups is 1. The first-order valence-electron chi connectivity index (χ1n) is 3.69. The molecule has 0 radical (unpaired) electrons. The van der Waals surface area contributed by atoms with Crippen LogP contribution in [0.1, 0.15) is 5.69 Å². The summed E-state index contributed by atoms with van der Waals surface area (Å²) in [5.41, 5.74) is 1.50. The van der Waals surface area contributed by atoms with E-state index in [-0.39, 0.29) is 0 Å². The molecule has 2 heterocycles. The fourth-order valence-electron chi connectivity index (χ4n) is 1.08. The fraction of sp³-hybridized carbons (Fsp3) is 0.286. The van der Waals surface area contributed by atoms with Gasteiger partial charge in [0.2, 0.25) is 0 Å². The van der Waals surface area contributed by atoms with Crippen LogP contribution in [-0.2, 0) is 11.3 Å². The Kier molecular flexibility index (Phi) is 2.15. The number of methoxy groups -OCH3 is 1. The molecule has 0 aromatic carbocycles. The number of ether oxygens (including phenoxy) is 1. The van der Waals surface area contributed by atoms with Crippen molar-refractivity contribution in [2.24, 2.45) is 0 Å². The molecule has 0 atom stereocenters. The van der Waals surface area contributed by atoms with Crippen LogP contribution >= 0.6 is 12.6 Å². The maximum atomic E-state index is 4.96. The van der Waals surface area contributed by atoms with E-state index in [1.807, 2.05) is 0 Å². The van der Waals surface area contributed by atoms with Gasteiger partial charge >= 0.3 is 0 Å². The minimum absolute atomic E-state index is 0.468. The highest BCUT2D eigenvalue weighted by Crippen LogP contribution is 2.09. The normalized spacial score (nSPS) is 10.9. The maximum absolute atomic E-state index is 4.96. The summed E-state index contributed by atoms with van der Waals surface area (Å²) in [6.45, 7) is 0.468. The van der Waals surface area contributed by atoms with E-state index >= 15 is 0 Å². The number of fused-ring (bicyclic) bond motifs is 1. The second-order valence-electron chi connectivity index (χ2n) is 2.54. The third-order valence-corrected chi connectivity index (χ3v) is 1.91. The standard InChI is InChI=1S/C7H8N4OS/c1-12-4-5-2-7(13)11-6(9-5)3-8-10-11/h2-3,13H,4H2,1H3. The van der Waals surface area contributed by atoms with Gasteiger partial charge < -0.3 is 4.74 Å². The molecule has 0 aliphatic heterocycles. The number of nitrogens with zero attached hydrogens (tertiary/aromatic N) is 4. The van der Waals surface area contributed by atoms with Crippen LogP contribution in [-0.4, -0.2) is 26.9 Å². The molecule has 6 heteroatoms. The van der Waals surface area contributed by atoms with Crippen molar-refractivity contribution in [3.05, 3.63) is 18.0 Å². The average Bonchev–Trinajstić information content (AvgIpc) is 2.53. The molecule has 0 amide bonds. The first kappa shape index (κ1) is 8.46. The third kappa shape index (κ3) is 1.50. The summed E-state index contributed by atoms with van der Waals surface area (Å²) in [6, 6.07) is 1.80. The van der Waals surface area contributed by atoms with Crippen molar-refractivity contribution < 1.29 is 4.74 Å². The first-order valence-corrected chi connectivity index (χ1v) is 4.14. The minimum Gasteiger partial charge on any atom is -0.378 e. The number of hydrogen-bond acceptors (Lipinski definition) is 5. The molecule has 0 saturated carbocycles. The monoisotopic (exact) mass is 196 g/mol. The number of aromatic nitrogens is 4. The molecule has 13 heavy (non-hydrogen) atoms. The molecule has 0 fully saturated rings. The molecule has 0 saturated heterocycles. The van der Waals surface area contributed by atoms with Gasteiger partial charge in [-0.05, 0) is 6.07 Å². The zero-order valence-corrected chi connectivity index (χ0v) is 7.90. The summed E-state index contributed by atoms with van der Waals surface area (Å²) in [6.07, 6.45) is 1.58. The maximum Gasteiger partial charge on any atom is 0.177 e. The lowest BCUT2D eigenvalue weighted by molar-refractivity contribution is 0.181. The molecule has 0 aliphatic carbocycles. The lowest BCUT2D eigenvalue weighted by Crippen LogP contribution is -1.98. The van der Waals surface area contributed by atoms with Gasteiger partial charge in [0, 0.05) is 7.11 Å². The fourth-order valence-corrected chi connectivity index (χ4v) is 1.37. The molecule has 0 unspecified atom stereocenters. The van der Waals surface area contributed by atoms with E-state index in [9.17, 15) is 0 Å². The van der Waals surface area contributed by atoms with Gasteiger partial charge in [-0.15, -0.1) is 17.7 Å². The van der Waals surface area contributed by atoms with Crippen LogP contribution in [0, 0.1) is 0 Å². The highest BCUT2D eigenvalue weighted by molar-refractivity contribution is 7.80. The van der Waals surface area contributed by atoms with Crippen molar-refractivity contribution in [2.45, 2.75) is 11.6 Å². The van der Waals surface area contributed by atoms with Crippen molar-refractivity contribution in [3.63, 3.8) is 0 Å². The highest BCUT2D eigenvalue weighted by Gasteiger charge is 2.03. The molecule has 2 aromatic heterocycles. The Labute approximate surface area is 80.1 Å². The van der Waals surface area contributed by atoms with E-state index in [4.69, 9.17) is 4.74 Å². The average molecular weight is 196 g/mol. The van der Waals surface area contributed by atoms with E-state index in [1.165, 1.54) is 0 Å². The predicted molar refractivity (Wildman–Crippen MR) is 48.7 cm³/mol. The smallest absolute Gasteiger partial charge is 0.177 e. The second kappa shape index (κ2) is 3.31. The Morgan fingerprint density at radius 3 is 3.23 bits per heavy atom. The quantitative estimate of drug-likeness (QED) is 0.563. The van der Waals surface area contributed by atoms with Gasteiger partial charge in [0.25, 0.3) is 0 Å². The predicted octanol–water partition coefficient (Wildman–Crippen LogP) is 0.559. The molecular formula is C7H8N4OS. The SMILES string of the molecule is COCc1cc(S)n2nncc2n1. The van der Waals surface area contributed by atoms with Crippen LogP contribution in [0.25, 0.3) is 5.65 Å². The molecule has 2 aromatic rings. The van der Waals surface area contributed by atoms with Crippen LogP contribution in [0.4, 0.5) is 0 Å². The Morgan fingerprint density at radius 2 is 2.46 bits per heavy atom. The van der Waals surface area contributed by atoms with Crippen LogP contribution < -0.4 is 0 Å². The van der Waals surface area contributed by atoms with E-state index < -0.39 is 0 Å². The summed E-state index contributed by atoms with van der Waals surface area (Å²) < 4.78 is 6.52. The number of hydrogen-bond donors (Lipinski definition) is 1. The van der Waals surface area contributed by atoms with Crippen molar-refractivity contribution in [1.29, 1.82) is 0 Å². The Hall–Kier alpha value is -1.14. The first-order chi connectivity index (χ1) is 6.31. The van der Waals surface area contributed by atoms with Crippen molar-refractivity contribution >= 4 is 18.3 Å². The van der Waals surface area contributed by atoms with Crippen molar-refractivity contribution in [2.75, 3.05) is 7.11 Å². The summed E-state index contributed by atoms with van der Waals surface area (Å²) in [5, 5.41) is 8.23. The number of rotatable bonds is 2. The van der Waals surface area contributed by atoms with Crippen LogP contribution in [0.5, 0.6) is 0 Å². The lowest BCUT2D eigenvalue weighted by atomic mass is 10.4. The van der Waals surface area contributed by atoms with Gasteiger partial charge in [-0.1, -0.05) is 5.21 Å². The molecule has 2 rings (SSSR count). The minimum atomic E-state index is 0.468. The third-order valence-electron chi connectivity index (χ3n) is 1.59. The Bertz CT molecular complexity index is 427. The molecule has 0 bridgehead atoms. The van der Waals surface area contributed by atoms with Gasteiger partial charge in [-0.3, -0.25) is 0 Å². The molecule has 5 nitrogen and oxygen atoms in total. The van der Waals surface area contributed by atoms with Crippen molar-refractivity contribution in [1.82, 2.24) is 19.8 Å². The molecular weight excluding hydrogens is 188 g/mol. The summed E-state index contributed by atoms with van der Waals surface area (Å²) >= 11 is 4.24. The lowest BCUT2D eigenvalue weighted by Gasteiger charge is -2.01. The van der Waals surface area contributed by atoms with E-state index in [2.05, 4.69) is 27.9 Å². The second-order valence-corrected chi connectivity index (χ2v) is 3.00. The van der Waals surface area contributed by atoms with Gasteiger partial charge in [0.1, 0.15) is 5.03 Å². The summed E-state index contributed by atoms with van der Waals surface area (Å²) in [4.78, 5) is 4.25. The van der Waals surface area contributed by atoms with Crippen LogP contribution in [0.15, 0.2) is 17.3 Å². The van der Waals surface area contributed by atoms with E-state index in [0.717, 1.165) is 5.69 Å². The van der Waals surface area contributed by atoms with E-state index in [1.54, 1.807) is 23.9 Å². The van der Waals surface area contributed by atoms with Crippen LogP contribution in [0.3, 0.4) is 0 Å². The van der Waals surface area contributed by atoms with Gasteiger partial charge in [0.05, 0.1) is 18.5 Å². The zero-order valence-electron chi connectivity index (χ0n) is 7.01. The van der Waals surface area contributed by atoms with E-state index in [0.29, 0.717) is 17.3 Å². The molecule has 0 aliphatic rings. The largest absolute Gasteiger partial charge is 0.378 e. The molecule has 68 valence electrons.